The second-order valence-corrected chi connectivity index (χ2v) is 5.35. The van der Waals surface area contributed by atoms with Crippen LogP contribution in [0.5, 0.6) is 5.75 Å². The Morgan fingerprint density at radius 1 is 1.33 bits per heavy atom. The molecule has 0 aliphatic carbocycles. The van der Waals surface area contributed by atoms with Crippen molar-refractivity contribution in [2.24, 2.45) is 5.92 Å². The number of hydrogen-bond acceptors (Lipinski definition) is 3. The lowest BCUT2D eigenvalue weighted by Gasteiger charge is -2.17. The zero-order valence-electron chi connectivity index (χ0n) is 13.0. The molecule has 1 atom stereocenters. The number of aliphatic hydroxyl groups is 1. The Labute approximate surface area is 126 Å². The van der Waals surface area contributed by atoms with Crippen molar-refractivity contribution < 1.29 is 14.6 Å². The van der Waals surface area contributed by atoms with Crippen molar-refractivity contribution in [3.8, 4) is 5.75 Å². The van der Waals surface area contributed by atoms with Crippen molar-refractivity contribution in [3.63, 3.8) is 0 Å². The summed E-state index contributed by atoms with van der Waals surface area (Å²) >= 11 is 0. The summed E-state index contributed by atoms with van der Waals surface area (Å²) < 4.78 is 5.36. The minimum absolute atomic E-state index is 0.0409. The number of carbonyl (C=O) groups excluding carboxylic acids is 1. The molecule has 0 saturated heterocycles. The Hall–Kier alpha value is -1.81. The van der Waals surface area contributed by atoms with Gasteiger partial charge in [0.05, 0.1) is 19.3 Å². The molecule has 0 fully saturated rings. The summed E-state index contributed by atoms with van der Waals surface area (Å²) in [7, 11) is 0. The smallest absolute Gasteiger partial charge is 0.244 e. The van der Waals surface area contributed by atoms with Crippen LogP contribution in [0.25, 0.3) is 6.08 Å². The summed E-state index contributed by atoms with van der Waals surface area (Å²) in [6.07, 6.45) is 3.99. The van der Waals surface area contributed by atoms with Crippen LogP contribution in [0.2, 0.25) is 0 Å². The SMILES string of the molecule is CCOc1ccc(/C=C/C(=O)N[C@H](CO)CC(C)C)cc1. The van der Waals surface area contributed by atoms with E-state index in [1.54, 1.807) is 6.08 Å². The van der Waals surface area contributed by atoms with E-state index < -0.39 is 0 Å². The molecule has 2 N–H and O–H groups in total. The highest BCUT2D eigenvalue weighted by atomic mass is 16.5. The lowest BCUT2D eigenvalue weighted by Crippen LogP contribution is -2.37. The Morgan fingerprint density at radius 3 is 2.52 bits per heavy atom. The molecule has 0 radical (unpaired) electrons. The van der Waals surface area contributed by atoms with Crippen LogP contribution in [0.3, 0.4) is 0 Å². The molecular formula is C17H25NO3. The lowest BCUT2D eigenvalue weighted by molar-refractivity contribution is -0.117. The van der Waals surface area contributed by atoms with Gasteiger partial charge in [-0.15, -0.1) is 0 Å². The molecule has 0 unspecified atom stereocenters. The van der Waals surface area contributed by atoms with Crippen LogP contribution in [0, 0.1) is 5.92 Å². The normalized spacial score (nSPS) is 12.6. The molecule has 21 heavy (non-hydrogen) atoms. The van der Waals surface area contributed by atoms with Gasteiger partial charge in [-0.25, -0.2) is 0 Å². The summed E-state index contributed by atoms with van der Waals surface area (Å²) in [6, 6.07) is 7.34. The maximum Gasteiger partial charge on any atom is 0.244 e. The fraction of sp³-hybridized carbons (Fsp3) is 0.471. The van der Waals surface area contributed by atoms with Crippen LogP contribution in [-0.4, -0.2) is 30.3 Å². The fourth-order valence-electron chi connectivity index (χ4n) is 2.01. The molecule has 1 rings (SSSR count). The Morgan fingerprint density at radius 2 is 2.00 bits per heavy atom. The van der Waals surface area contributed by atoms with Gasteiger partial charge in [0.15, 0.2) is 0 Å². The number of amides is 1. The van der Waals surface area contributed by atoms with Crippen LogP contribution < -0.4 is 10.1 Å². The van der Waals surface area contributed by atoms with E-state index in [4.69, 9.17) is 4.74 Å². The number of rotatable bonds is 8. The van der Waals surface area contributed by atoms with Crippen LogP contribution in [0.15, 0.2) is 30.3 Å². The maximum absolute atomic E-state index is 11.8. The molecule has 1 aromatic rings. The first-order valence-electron chi connectivity index (χ1n) is 7.37. The third-order valence-electron chi connectivity index (χ3n) is 2.94. The highest BCUT2D eigenvalue weighted by molar-refractivity contribution is 5.91. The first-order chi connectivity index (χ1) is 10.0. The molecule has 0 aliphatic heterocycles. The second-order valence-electron chi connectivity index (χ2n) is 5.35. The molecular weight excluding hydrogens is 266 g/mol. The molecule has 0 spiro atoms. The van der Waals surface area contributed by atoms with Gasteiger partial charge in [0.1, 0.15) is 5.75 Å². The first-order valence-corrected chi connectivity index (χ1v) is 7.37. The van der Waals surface area contributed by atoms with Crippen molar-refractivity contribution in [2.45, 2.75) is 33.2 Å². The largest absolute Gasteiger partial charge is 0.494 e. The highest BCUT2D eigenvalue weighted by Gasteiger charge is 2.11. The summed E-state index contributed by atoms with van der Waals surface area (Å²) in [6.45, 7) is 6.65. The van der Waals surface area contributed by atoms with Crippen LogP contribution >= 0.6 is 0 Å². The van der Waals surface area contributed by atoms with E-state index in [9.17, 15) is 9.90 Å². The number of carbonyl (C=O) groups is 1. The maximum atomic E-state index is 11.8. The zero-order chi connectivity index (χ0) is 15.7. The van der Waals surface area contributed by atoms with Gasteiger partial charge in [0, 0.05) is 6.08 Å². The van der Waals surface area contributed by atoms with Crippen LogP contribution in [0.1, 0.15) is 32.8 Å². The van der Waals surface area contributed by atoms with E-state index in [-0.39, 0.29) is 18.6 Å². The van der Waals surface area contributed by atoms with Gasteiger partial charge in [0.2, 0.25) is 5.91 Å². The van der Waals surface area contributed by atoms with Gasteiger partial charge in [-0.2, -0.15) is 0 Å². The number of hydrogen-bond donors (Lipinski definition) is 2. The van der Waals surface area contributed by atoms with Gasteiger partial charge in [-0.1, -0.05) is 26.0 Å². The van der Waals surface area contributed by atoms with Crippen molar-refractivity contribution in [3.05, 3.63) is 35.9 Å². The standard InChI is InChI=1S/C17H25NO3/c1-4-21-16-8-5-14(6-9-16)7-10-17(20)18-15(12-19)11-13(2)3/h5-10,13,15,19H,4,11-12H2,1-3H3,(H,18,20)/b10-7+/t15-/m0/s1. The van der Waals surface area contributed by atoms with Crippen molar-refractivity contribution in [1.82, 2.24) is 5.32 Å². The molecule has 0 heterocycles. The summed E-state index contributed by atoms with van der Waals surface area (Å²) in [5.41, 5.74) is 0.929. The number of aliphatic hydroxyl groups excluding tert-OH is 1. The zero-order valence-corrected chi connectivity index (χ0v) is 13.0. The first kappa shape index (κ1) is 17.2. The molecule has 0 aromatic heterocycles. The van der Waals surface area contributed by atoms with E-state index in [1.165, 1.54) is 6.08 Å². The second kappa shape index (κ2) is 9.19. The van der Waals surface area contributed by atoms with Gasteiger partial charge in [0.25, 0.3) is 0 Å². The lowest BCUT2D eigenvalue weighted by atomic mass is 10.0. The average Bonchev–Trinajstić information content (AvgIpc) is 2.45. The third-order valence-corrected chi connectivity index (χ3v) is 2.94. The Kier molecular flexibility index (Phi) is 7.54. The monoisotopic (exact) mass is 291 g/mol. The van der Waals surface area contributed by atoms with Gasteiger partial charge in [-0.05, 0) is 43.0 Å². The summed E-state index contributed by atoms with van der Waals surface area (Å²) in [4.78, 5) is 11.8. The molecule has 4 heteroatoms. The molecule has 0 saturated carbocycles. The average molecular weight is 291 g/mol. The van der Waals surface area contributed by atoms with Crippen LogP contribution in [0.4, 0.5) is 0 Å². The van der Waals surface area contributed by atoms with Gasteiger partial charge in [-0.3, -0.25) is 4.79 Å². The highest BCUT2D eigenvalue weighted by Crippen LogP contribution is 2.13. The molecule has 4 nitrogen and oxygen atoms in total. The van der Waals surface area contributed by atoms with Crippen molar-refractivity contribution in [2.75, 3.05) is 13.2 Å². The van der Waals surface area contributed by atoms with Gasteiger partial charge < -0.3 is 15.2 Å². The molecule has 1 aromatic carbocycles. The van der Waals surface area contributed by atoms with E-state index in [2.05, 4.69) is 19.2 Å². The quantitative estimate of drug-likeness (QED) is 0.724. The van der Waals surface area contributed by atoms with E-state index in [1.807, 2.05) is 31.2 Å². The number of ether oxygens (including phenoxy) is 1. The van der Waals surface area contributed by atoms with E-state index in [0.29, 0.717) is 12.5 Å². The molecule has 0 bridgehead atoms. The van der Waals surface area contributed by atoms with E-state index >= 15 is 0 Å². The van der Waals surface area contributed by atoms with Crippen LogP contribution in [-0.2, 0) is 4.79 Å². The number of nitrogens with one attached hydrogen (secondary N) is 1. The molecule has 1 amide bonds. The molecule has 0 aliphatic rings. The number of benzene rings is 1. The summed E-state index contributed by atoms with van der Waals surface area (Å²) in [5, 5.41) is 12.0. The van der Waals surface area contributed by atoms with Crippen molar-refractivity contribution >= 4 is 12.0 Å². The third kappa shape index (κ3) is 6.95. The fourth-order valence-corrected chi connectivity index (χ4v) is 2.01. The summed E-state index contributed by atoms with van der Waals surface area (Å²) in [5.74, 6) is 1.05. The Bertz CT molecular complexity index is 452. The minimum Gasteiger partial charge on any atom is -0.494 e. The predicted octanol–water partition coefficient (Wildman–Crippen LogP) is 2.62. The Balaban J connectivity index is 2.52. The minimum atomic E-state index is -0.192. The van der Waals surface area contributed by atoms with E-state index in [0.717, 1.165) is 17.7 Å². The van der Waals surface area contributed by atoms with Crippen molar-refractivity contribution in [1.29, 1.82) is 0 Å². The van der Waals surface area contributed by atoms with Gasteiger partial charge >= 0.3 is 0 Å². The topological polar surface area (TPSA) is 58.6 Å². The molecule has 116 valence electrons. The predicted molar refractivity (Wildman–Crippen MR) is 85.1 cm³/mol.